The molecule has 0 aromatic carbocycles. The third-order valence-corrected chi connectivity index (χ3v) is 3.71. The van der Waals surface area contributed by atoms with Crippen LogP contribution in [0.25, 0.3) is 0 Å². The minimum atomic E-state index is 0.367. The Kier molecular flexibility index (Phi) is 4.18. The van der Waals surface area contributed by atoms with Crippen LogP contribution in [0.4, 0.5) is 5.82 Å². The molecule has 1 aromatic rings. The van der Waals surface area contributed by atoms with E-state index >= 15 is 0 Å². The highest BCUT2D eigenvalue weighted by molar-refractivity contribution is 6.32. The van der Waals surface area contributed by atoms with Crippen molar-refractivity contribution in [3.63, 3.8) is 0 Å². The monoisotopic (exact) mass is 254 g/mol. The Bertz CT molecular complexity index is 363. The number of anilines is 1. The van der Waals surface area contributed by atoms with Crippen molar-refractivity contribution < 1.29 is 0 Å². The number of nitrogens with two attached hydrogens (primary N) is 1. The lowest BCUT2D eigenvalue weighted by molar-refractivity contribution is 0.377. The smallest absolute Gasteiger partial charge is 0.151 e. The van der Waals surface area contributed by atoms with E-state index in [-0.39, 0.29) is 0 Å². The third kappa shape index (κ3) is 2.87. The molecule has 17 heavy (non-hydrogen) atoms. The second-order valence-electron chi connectivity index (χ2n) is 4.55. The first-order valence-corrected chi connectivity index (χ1v) is 6.58. The predicted molar refractivity (Wildman–Crippen MR) is 70.3 cm³/mol. The van der Waals surface area contributed by atoms with Crippen LogP contribution in [0, 0.1) is 0 Å². The van der Waals surface area contributed by atoms with Crippen LogP contribution in [0.15, 0.2) is 12.5 Å². The number of rotatable bonds is 3. The summed E-state index contributed by atoms with van der Waals surface area (Å²) in [5.41, 5.74) is 5.94. The molecule has 1 saturated carbocycles. The van der Waals surface area contributed by atoms with E-state index in [1.54, 1.807) is 12.5 Å². The summed E-state index contributed by atoms with van der Waals surface area (Å²) in [5.74, 6) is 0.852. The first-order chi connectivity index (χ1) is 8.22. The van der Waals surface area contributed by atoms with Crippen molar-refractivity contribution in [1.29, 1.82) is 0 Å². The van der Waals surface area contributed by atoms with Gasteiger partial charge in [0, 0.05) is 18.6 Å². The molecule has 1 aliphatic rings. The van der Waals surface area contributed by atoms with Crippen molar-refractivity contribution in [2.45, 2.75) is 44.7 Å². The second-order valence-corrected chi connectivity index (χ2v) is 4.96. The van der Waals surface area contributed by atoms with Crippen molar-refractivity contribution in [3.8, 4) is 0 Å². The van der Waals surface area contributed by atoms with Crippen LogP contribution in [0.5, 0.6) is 0 Å². The van der Waals surface area contributed by atoms with Crippen LogP contribution in [0.3, 0.4) is 0 Å². The Morgan fingerprint density at radius 1 is 1.41 bits per heavy atom. The summed E-state index contributed by atoms with van der Waals surface area (Å²) in [5, 5.41) is 0.629. The molecule has 5 heteroatoms. The van der Waals surface area contributed by atoms with Crippen LogP contribution in [0.2, 0.25) is 5.02 Å². The molecule has 2 rings (SSSR count). The summed E-state index contributed by atoms with van der Waals surface area (Å²) in [6, 6.07) is 0.873. The zero-order valence-electron chi connectivity index (χ0n) is 10.1. The summed E-state index contributed by atoms with van der Waals surface area (Å²) in [4.78, 5) is 10.5. The van der Waals surface area contributed by atoms with Gasteiger partial charge < -0.3 is 10.6 Å². The Balaban J connectivity index is 2.14. The lowest BCUT2D eigenvalue weighted by Gasteiger charge is -2.36. The van der Waals surface area contributed by atoms with Gasteiger partial charge in [-0.3, -0.25) is 0 Å². The van der Waals surface area contributed by atoms with Crippen LogP contribution >= 0.6 is 11.6 Å². The quantitative estimate of drug-likeness (QED) is 0.899. The highest BCUT2D eigenvalue weighted by atomic mass is 35.5. The average Bonchev–Trinajstić information content (AvgIpc) is 2.35. The molecule has 0 aliphatic heterocycles. The fourth-order valence-corrected chi connectivity index (χ4v) is 2.73. The topological polar surface area (TPSA) is 55.0 Å². The van der Waals surface area contributed by atoms with Crippen LogP contribution in [0.1, 0.15) is 32.6 Å². The summed E-state index contributed by atoms with van der Waals surface area (Å²) < 4.78 is 0. The van der Waals surface area contributed by atoms with E-state index in [2.05, 4.69) is 21.8 Å². The van der Waals surface area contributed by atoms with Crippen molar-refractivity contribution >= 4 is 17.4 Å². The van der Waals surface area contributed by atoms with E-state index in [1.165, 1.54) is 0 Å². The van der Waals surface area contributed by atoms with E-state index in [0.29, 0.717) is 17.1 Å². The fourth-order valence-electron chi connectivity index (χ4n) is 2.51. The Hall–Kier alpha value is -0.870. The number of nitrogens with zero attached hydrogens (tertiary/aromatic N) is 3. The van der Waals surface area contributed by atoms with E-state index in [1.807, 2.05) is 0 Å². The van der Waals surface area contributed by atoms with Crippen molar-refractivity contribution in [2.75, 3.05) is 11.4 Å². The van der Waals surface area contributed by atoms with Crippen molar-refractivity contribution in [3.05, 3.63) is 17.5 Å². The van der Waals surface area contributed by atoms with Crippen molar-refractivity contribution in [1.82, 2.24) is 9.97 Å². The van der Waals surface area contributed by atoms with Gasteiger partial charge in [-0.25, -0.2) is 9.97 Å². The maximum atomic E-state index is 6.15. The molecule has 0 atom stereocenters. The van der Waals surface area contributed by atoms with Gasteiger partial charge in [-0.1, -0.05) is 11.6 Å². The molecule has 1 fully saturated rings. The standard InChI is InChI=1S/C12H19ClN4/c1-2-17(10-5-3-9(14)4-6-10)12-11(13)7-15-8-16-12/h7-10H,2-6,14H2,1H3. The number of aromatic nitrogens is 2. The van der Waals surface area contributed by atoms with Crippen molar-refractivity contribution in [2.24, 2.45) is 5.73 Å². The summed E-state index contributed by atoms with van der Waals surface area (Å²) in [6.07, 6.45) is 7.62. The first kappa shape index (κ1) is 12.6. The highest BCUT2D eigenvalue weighted by Crippen LogP contribution is 2.29. The lowest BCUT2D eigenvalue weighted by Crippen LogP contribution is -2.41. The zero-order valence-corrected chi connectivity index (χ0v) is 10.9. The normalized spacial score (nSPS) is 24.6. The molecular weight excluding hydrogens is 236 g/mol. The average molecular weight is 255 g/mol. The van der Waals surface area contributed by atoms with E-state index in [9.17, 15) is 0 Å². The van der Waals surface area contributed by atoms with Gasteiger partial charge in [0.05, 0.1) is 6.20 Å². The molecule has 0 amide bonds. The van der Waals surface area contributed by atoms with Crippen LogP contribution < -0.4 is 10.6 Å². The molecule has 0 radical (unpaired) electrons. The summed E-state index contributed by atoms with van der Waals surface area (Å²) in [6.45, 7) is 3.05. The van der Waals surface area contributed by atoms with E-state index in [0.717, 1.165) is 38.0 Å². The third-order valence-electron chi connectivity index (χ3n) is 3.44. The predicted octanol–water partition coefficient (Wildman–Crippen LogP) is 2.23. The van der Waals surface area contributed by atoms with Gasteiger partial charge in [0.2, 0.25) is 0 Å². The van der Waals surface area contributed by atoms with Crippen LogP contribution in [-0.2, 0) is 0 Å². The Morgan fingerprint density at radius 3 is 2.71 bits per heavy atom. The molecule has 0 unspecified atom stereocenters. The highest BCUT2D eigenvalue weighted by Gasteiger charge is 2.25. The SMILES string of the molecule is CCN(c1ncncc1Cl)C1CCC(N)CC1. The fraction of sp³-hybridized carbons (Fsp3) is 0.667. The van der Waals surface area contributed by atoms with Gasteiger partial charge in [0.25, 0.3) is 0 Å². The Morgan fingerprint density at radius 2 is 2.12 bits per heavy atom. The van der Waals surface area contributed by atoms with Gasteiger partial charge in [0.1, 0.15) is 11.3 Å². The van der Waals surface area contributed by atoms with Crippen LogP contribution in [-0.4, -0.2) is 28.6 Å². The maximum absolute atomic E-state index is 6.15. The number of hydrogen-bond acceptors (Lipinski definition) is 4. The Labute approximate surface area is 107 Å². The van der Waals surface area contributed by atoms with E-state index in [4.69, 9.17) is 17.3 Å². The molecule has 1 aliphatic carbocycles. The van der Waals surface area contributed by atoms with Gasteiger partial charge in [-0.05, 0) is 32.6 Å². The van der Waals surface area contributed by atoms with Gasteiger partial charge in [0.15, 0.2) is 5.82 Å². The molecule has 0 spiro atoms. The van der Waals surface area contributed by atoms with E-state index < -0.39 is 0 Å². The first-order valence-electron chi connectivity index (χ1n) is 6.20. The lowest BCUT2D eigenvalue weighted by atomic mass is 9.91. The zero-order chi connectivity index (χ0) is 12.3. The second kappa shape index (κ2) is 5.65. The molecular formula is C12H19ClN4. The molecule has 0 bridgehead atoms. The number of hydrogen-bond donors (Lipinski definition) is 1. The minimum Gasteiger partial charge on any atom is -0.353 e. The molecule has 0 saturated heterocycles. The molecule has 1 aromatic heterocycles. The summed E-state index contributed by atoms with van der Waals surface area (Å²) in [7, 11) is 0. The number of halogens is 1. The molecule has 2 N–H and O–H groups in total. The molecule has 4 nitrogen and oxygen atoms in total. The minimum absolute atomic E-state index is 0.367. The maximum Gasteiger partial charge on any atom is 0.151 e. The molecule has 94 valence electrons. The largest absolute Gasteiger partial charge is 0.353 e. The summed E-state index contributed by atoms with van der Waals surface area (Å²) >= 11 is 6.15. The van der Waals surface area contributed by atoms with Gasteiger partial charge in [-0.2, -0.15) is 0 Å². The van der Waals surface area contributed by atoms with Gasteiger partial charge >= 0.3 is 0 Å². The van der Waals surface area contributed by atoms with Gasteiger partial charge in [-0.15, -0.1) is 0 Å². The molecule has 1 heterocycles.